The molecule has 2 aromatic rings. The van der Waals surface area contributed by atoms with Gasteiger partial charge in [-0.2, -0.15) is 4.98 Å². The maximum Gasteiger partial charge on any atom is 0.226 e. The third-order valence-corrected chi connectivity index (χ3v) is 3.15. The highest BCUT2D eigenvalue weighted by molar-refractivity contribution is 6.30. The van der Waals surface area contributed by atoms with Crippen LogP contribution in [0.25, 0.3) is 0 Å². The molecule has 0 fully saturated rings. The first-order valence-electron chi connectivity index (χ1n) is 6.26. The van der Waals surface area contributed by atoms with Gasteiger partial charge in [-0.3, -0.25) is 0 Å². The van der Waals surface area contributed by atoms with Crippen molar-refractivity contribution in [1.29, 1.82) is 0 Å². The molecule has 0 radical (unpaired) electrons. The van der Waals surface area contributed by atoms with E-state index in [1.165, 1.54) is 0 Å². The minimum atomic E-state index is 0.206. The summed E-state index contributed by atoms with van der Waals surface area (Å²) in [6.45, 7) is 7.93. The minimum Gasteiger partial charge on any atom is -0.439 e. The van der Waals surface area contributed by atoms with Crippen LogP contribution in [-0.4, -0.2) is 9.97 Å². The standard InChI is InChI=1S/C15H17ClN2O/c1-9(2)14-17-13(16)11(4)15(18-14)19-12-7-5-6-10(3)8-12/h5-9H,1-4H3. The third-order valence-electron chi connectivity index (χ3n) is 2.78. The fraction of sp³-hybridized carbons (Fsp3) is 0.333. The molecule has 3 nitrogen and oxygen atoms in total. The van der Waals surface area contributed by atoms with Gasteiger partial charge in [0, 0.05) is 11.5 Å². The average molecular weight is 277 g/mol. The van der Waals surface area contributed by atoms with Crippen molar-refractivity contribution in [1.82, 2.24) is 9.97 Å². The van der Waals surface area contributed by atoms with Crippen LogP contribution >= 0.6 is 11.6 Å². The molecule has 0 aliphatic heterocycles. The van der Waals surface area contributed by atoms with Crippen molar-refractivity contribution in [3.05, 3.63) is 46.4 Å². The van der Waals surface area contributed by atoms with Crippen LogP contribution in [0.15, 0.2) is 24.3 Å². The van der Waals surface area contributed by atoms with E-state index in [9.17, 15) is 0 Å². The van der Waals surface area contributed by atoms with Crippen LogP contribution in [0.1, 0.15) is 36.7 Å². The highest BCUT2D eigenvalue weighted by Crippen LogP contribution is 2.28. The van der Waals surface area contributed by atoms with Crippen LogP contribution in [0.5, 0.6) is 11.6 Å². The summed E-state index contributed by atoms with van der Waals surface area (Å²) in [7, 11) is 0. The molecular formula is C15H17ClN2O. The van der Waals surface area contributed by atoms with Crippen LogP contribution in [-0.2, 0) is 0 Å². The van der Waals surface area contributed by atoms with Crippen molar-refractivity contribution in [2.45, 2.75) is 33.6 Å². The predicted molar refractivity (Wildman–Crippen MR) is 77.1 cm³/mol. The number of aromatic nitrogens is 2. The lowest BCUT2D eigenvalue weighted by Crippen LogP contribution is -2.02. The van der Waals surface area contributed by atoms with E-state index in [-0.39, 0.29) is 5.92 Å². The van der Waals surface area contributed by atoms with Crippen molar-refractivity contribution < 1.29 is 4.74 Å². The van der Waals surface area contributed by atoms with E-state index in [0.717, 1.165) is 16.9 Å². The van der Waals surface area contributed by atoms with Crippen molar-refractivity contribution in [3.63, 3.8) is 0 Å². The first kappa shape index (κ1) is 13.8. The molecule has 0 atom stereocenters. The highest BCUT2D eigenvalue weighted by Gasteiger charge is 2.13. The maximum absolute atomic E-state index is 6.13. The number of hydrogen-bond acceptors (Lipinski definition) is 3. The third kappa shape index (κ3) is 3.24. The molecule has 1 heterocycles. The Labute approximate surface area is 118 Å². The van der Waals surface area contributed by atoms with Crippen molar-refractivity contribution in [2.24, 2.45) is 0 Å². The SMILES string of the molecule is Cc1cccc(Oc2nc(C(C)C)nc(Cl)c2C)c1. The molecule has 1 aromatic carbocycles. The Kier molecular flexibility index (Phi) is 4.05. The van der Waals surface area contributed by atoms with Crippen LogP contribution in [0, 0.1) is 13.8 Å². The first-order chi connectivity index (χ1) is 8.97. The Hall–Kier alpha value is -1.61. The fourth-order valence-corrected chi connectivity index (χ4v) is 1.80. The normalized spacial score (nSPS) is 10.8. The van der Waals surface area contributed by atoms with Gasteiger partial charge in [-0.1, -0.05) is 37.6 Å². The summed E-state index contributed by atoms with van der Waals surface area (Å²) in [4.78, 5) is 8.71. The number of hydrogen-bond donors (Lipinski definition) is 0. The minimum absolute atomic E-state index is 0.206. The molecule has 19 heavy (non-hydrogen) atoms. The first-order valence-corrected chi connectivity index (χ1v) is 6.63. The Morgan fingerprint density at radius 3 is 2.53 bits per heavy atom. The summed E-state index contributed by atoms with van der Waals surface area (Å²) < 4.78 is 5.83. The summed E-state index contributed by atoms with van der Waals surface area (Å²) >= 11 is 6.13. The lowest BCUT2D eigenvalue weighted by molar-refractivity contribution is 0.452. The van der Waals surface area contributed by atoms with E-state index >= 15 is 0 Å². The predicted octanol–water partition coefficient (Wildman–Crippen LogP) is 4.66. The van der Waals surface area contributed by atoms with Gasteiger partial charge >= 0.3 is 0 Å². The molecule has 100 valence electrons. The quantitative estimate of drug-likeness (QED) is 0.765. The number of aryl methyl sites for hydroxylation is 1. The van der Waals surface area contributed by atoms with E-state index < -0.39 is 0 Å². The summed E-state index contributed by atoms with van der Waals surface area (Å²) in [5.74, 6) is 2.18. The molecule has 0 spiro atoms. The average Bonchev–Trinajstić information content (AvgIpc) is 2.34. The molecule has 0 aliphatic carbocycles. The maximum atomic E-state index is 6.13. The summed E-state index contributed by atoms with van der Waals surface area (Å²) in [5.41, 5.74) is 1.90. The van der Waals surface area contributed by atoms with E-state index in [1.54, 1.807) is 0 Å². The van der Waals surface area contributed by atoms with Gasteiger partial charge in [0.05, 0.1) is 0 Å². The van der Waals surface area contributed by atoms with Crippen molar-refractivity contribution >= 4 is 11.6 Å². The Morgan fingerprint density at radius 1 is 1.16 bits per heavy atom. The molecule has 0 saturated carbocycles. The monoisotopic (exact) mass is 276 g/mol. The molecule has 0 N–H and O–H groups in total. The topological polar surface area (TPSA) is 35.0 Å². The van der Waals surface area contributed by atoms with Gasteiger partial charge in [0.1, 0.15) is 16.7 Å². The zero-order chi connectivity index (χ0) is 14.0. The number of rotatable bonds is 3. The van der Waals surface area contributed by atoms with Gasteiger partial charge in [0.2, 0.25) is 5.88 Å². The number of halogens is 1. The Bertz CT molecular complexity index is 597. The molecule has 4 heteroatoms. The largest absolute Gasteiger partial charge is 0.439 e. The molecule has 1 aromatic heterocycles. The molecular weight excluding hydrogens is 260 g/mol. The van der Waals surface area contributed by atoms with E-state index in [1.807, 2.05) is 52.0 Å². The van der Waals surface area contributed by atoms with E-state index in [0.29, 0.717) is 16.9 Å². The second-order valence-corrected chi connectivity index (χ2v) is 5.23. The van der Waals surface area contributed by atoms with Crippen LogP contribution < -0.4 is 4.74 Å². The Balaban J connectivity index is 2.39. The van der Waals surface area contributed by atoms with E-state index in [2.05, 4.69) is 9.97 Å². The van der Waals surface area contributed by atoms with E-state index in [4.69, 9.17) is 16.3 Å². The fourth-order valence-electron chi connectivity index (χ4n) is 1.63. The van der Waals surface area contributed by atoms with Gasteiger partial charge in [-0.15, -0.1) is 0 Å². The van der Waals surface area contributed by atoms with Crippen LogP contribution in [0.2, 0.25) is 5.15 Å². The van der Waals surface area contributed by atoms with Gasteiger partial charge < -0.3 is 4.74 Å². The Morgan fingerprint density at radius 2 is 1.89 bits per heavy atom. The lowest BCUT2D eigenvalue weighted by atomic mass is 10.2. The smallest absolute Gasteiger partial charge is 0.226 e. The zero-order valence-corrected chi connectivity index (χ0v) is 12.3. The summed E-state index contributed by atoms with van der Waals surface area (Å²) in [6.07, 6.45) is 0. The molecule has 0 unspecified atom stereocenters. The molecule has 2 rings (SSSR count). The number of ether oxygens (including phenoxy) is 1. The van der Waals surface area contributed by atoms with Gasteiger partial charge in [-0.25, -0.2) is 4.98 Å². The second-order valence-electron chi connectivity index (χ2n) is 4.88. The zero-order valence-electron chi connectivity index (χ0n) is 11.6. The van der Waals surface area contributed by atoms with Gasteiger partial charge in [-0.05, 0) is 31.5 Å². The van der Waals surface area contributed by atoms with Crippen LogP contribution in [0.4, 0.5) is 0 Å². The van der Waals surface area contributed by atoms with Crippen molar-refractivity contribution in [3.8, 4) is 11.6 Å². The number of nitrogens with zero attached hydrogens (tertiary/aromatic N) is 2. The number of benzene rings is 1. The van der Waals surface area contributed by atoms with Crippen molar-refractivity contribution in [2.75, 3.05) is 0 Å². The molecule has 0 saturated heterocycles. The van der Waals surface area contributed by atoms with Gasteiger partial charge in [0.25, 0.3) is 0 Å². The molecule has 0 aliphatic rings. The second kappa shape index (κ2) is 5.57. The van der Waals surface area contributed by atoms with Gasteiger partial charge in [0.15, 0.2) is 0 Å². The summed E-state index contributed by atoms with van der Waals surface area (Å²) in [6, 6.07) is 7.83. The summed E-state index contributed by atoms with van der Waals surface area (Å²) in [5, 5.41) is 0.446. The van der Waals surface area contributed by atoms with Crippen LogP contribution in [0.3, 0.4) is 0 Å². The molecule has 0 bridgehead atoms. The lowest BCUT2D eigenvalue weighted by Gasteiger charge is -2.12. The molecule has 0 amide bonds. The highest BCUT2D eigenvalue weighted by atomic mass is 35.5.